The van der Waals surface area contributed by atoms with Gasteiger partial charge in [-0.3, -0.25) is 9.78 Å². The molecule has 39 heavy (non-hydrogen) atoms. The van der Waals surface area contributed by atoms with Gasteiger partial charge in [0.05, 0.1) is 30.2 Å². The average molecular weight is 563 g/mol. The number of rotatable bonds is 11. The third-order valence-corrected chi connectivity index (χ3v) is 8.44. The number of halogens is 3. The van der Waals surface area contributed by atoms with E-state index in [4.69, 9.17) is 4.74 Å². The number of aromatic nitrogens is 1. The van der Waals surface area contributed by atoms with Crippen molar-refractivity contribution < 1.29 is 32.9 Å². The van der Waals surface area contributed by atoms with Crippen molar-refractivity contribution in [1.29, 1.82) is 0 Å². The van der Waals surface area contributed by atoms with Gasteiger partial charge in [0, 0.05) is 23.0 Å². The van der Waals surface area contributed by atoms with Crippen molar-refractivity contribution in [3.63, 3.8) is 0 Å². The van der Waals surface area contributed by atoms with Crippen molar-refractivity contribution in [3.8, 4) is 5.75 Å². The smallest absolute Gasteiger partial charge is 0.416 e. The van der Waals surface area contributed by atoms with E-state index in [9.17, 15) is 28.2 Å². The molecule has 0 aliphatic carbocycles. The fraction of sp³-hybridized carbons (Fsp3) is 0.448. The van der Waals surface area contributed by atoms with Crippen LogP contribution in [0.4, 0.5) is 13.2 Å². The number of aliphatic hydroxyl groups excluding tert-OH is 1. The van der Waals surface area contributed by atoms with Crippen LogP contribution in [0.5, 0.6) is 5.75 Å². The Hall–Kier alpha value is -2.82. The highest BCUT2D eigenvalue weighted by Gasteiger charge is 2.34. The van der Waals surface area contributed by atoms with Crippen LogP contribution < -0.4 is 4.74 Å². The van der Waals surface area contributed by atoms with Crippen molar-refractivity contribution in [3.05, 3.63) is 65.9 Å². The first kappa shape index (κ1) is 29.2. The number of alkyl halides is 3. The molecule has 2 heterocycles. The van der Waals surface area contributed by atoms with E-state index in [0.717, 1.165) is 48.0 Å². The summed E-state index contributed by atoms with van der Waals surface area (Å²) in [5.41, 5.74) is 0.859. The number of thioether (sulfide) groups is 1. The number of piperidine rings is 1. The molecule has 4 rings (SSSR count). The van der Waals surface area contributed by atoms with Crippen molar-refractivity contribution in [2.75, 3.05) is 32.5 Å². The zero-order chi connectivity index (χ0) is 28.0. The Kier molecular flexibility index (Phi) is 9.74. The van der Waals surface area contributed by atoms with Crippen LogP contribution in [0.15, 0.2) is 59.6 Å². The number of hydrogen-bond acceptors (Lipinski definition) is 6. The first-order valence-electron chi connectivity index (χ1n) is 13.0. The molecule has 0 saturated carbocycles. The number of benzene rings is 2. The maximum Gasteiger partial charge on any atom is 0.416 e. The van der Waals surface area contributed by atoms with E-state index in [1.807, 2.05) is 18.2 Å². The lowest BCUT2D eigenvalue weighted by molar-refractivity contribution is -0.146. The number of carbonyl (C=O) groups is 1. The Balaban J connectivity index is 1.28. The van der Waals surface area contributed by atoms with Crippen LogP contribution in [0.2, 0.25) is 0 Å². The van der Waals surface area contributed by atoms with Gasteiger partial charge in [0.2, 0.25) is 0 Å². The Morgan fingerprint density at radius 2 is 2.05 bits per heavy atom. The number of aliphatic carboxylic acids is 1. The van der Waals surface area contributed by atoms with Gasteiger partial charge in [0.25, 0.3) is 0 Å². The van der Waals surface area contributed by atoms with E-state index in [2.05, 4.69) is 9.88 Å². The SMILES string of the molecule is COc1ccc2nccc(C(O)CC[C@@H]3CCN(CCCSc4cccc(C(F)(F)F)c4)C[C@@H]3C(=O)O)c2c1. The van der Waals surface area contributed by atoms with Crippen molar-refractivity contribution in [2.45, 2.75) is 42.9 Å². The summed E-state index contributed by atoms with van der Waals surface area (Å²) >= 11 is 1.38. The van der Waals surface area contributed by atoms with E-state index in [1.165, 1.54) is 17.8 Å². The molecule has 210 valence electrons. The van der Waals surface area contributed by atoms with E-state index >= 15 is 0 Å². The molecule has 0 spiro atoms. The van der Waals surface area contributed by atoms with E-state index in [0.29, 0.717) is 42.3 Å². The molecule has 3 aromatic rings. The van der Waals surface area contributed by atoms with Gasteiger partial charge in [0.15, 0.2) is 0 Å². The molecule has 1 aliphatic heterocycles. The Morgan fingerprint density at radius 3 is 2.79 bits per heavy atom. The number of carboxylic acid groups (broad SMARTS) is 1. The Morgan fingerprint density at radius 1 is 1.23 bits per heavy atom. The quantitative estimate of drug-likeness (QED) is 0.210. The molecule has 1 unspecified atom stereocenters. The van der Waals surface area contributed by atoms with Gasteiger partial charge in [-0.25, -0.2) is 0 Å². The summed E-state index contributed by atoms with van der Waals surface area (Å²) < 4.78 is 44.1. The largest absolute Gasteiger partial charge is 0.497 e. The Labute approximate surface area is 230 Å². The minimum absolute atomic E-state index is 0.0458. The van der Waals surface area contributed by atoms with E-state index in [-0.39, 0.29) is 5.92 Å². The highest BCUT2D eigenvalue weighted by molar-refractivity contribution is 7.99. The third-order valence-electron chi connectivity index (χ3n) is 7.36. The molecule has 0 radical (unpaired) electrons. The fourth-order valence-corrected chi connectivity index (χ4v) is 6.12. The maximum atomic E-state index is 12.9. The molecule has 2 aromatic carbocycles. The maximum absolute atomic E-state index is 12.9. The number of pyridine rings is 1. The van der Waals surface area contributed by atoms with E-state index in [1.54, 1.807) is 25.4 Å². The number of carboxylic acids is 1. The number of hydrogen-bond donors (Lipinski definition) is 2. The van der Waals surface area contributed by atoms with Crippen molar-refractivity contribution in [2.24, 2.45) is 11.8 Å². The summed E-state index contributed by atoms with van der Waals surface area (Å²) in [4.78, 5) is 19.1. The van der Waals surface area contributed by atoms with Crippen molar-refractivity contribution >= 4 is 28.6 Å². The Bertz CT molecular complexity index is 1270. The zero-order valence-electron chi connectivity index (χ0n) is 21.7. The second-order valence-electron chi connectivity index (χ2n) is 9.90. The summed E-state index contributed by atoms with van der Waals surface area (Å²) in [6.07, 6.45) is -0.948. The number of methoxy groups -OCH3 is 1. The number of fused-ring (bicyclic) bond motifs is 1. The predicted octanol–water partition coefficient (Wildman–Crippen LogP) is 6.28. The van der Waals surface area contributed by atoms with Crippen LogP contribution in [0.3, 0.4) is 0 Å². The molecule has 3 atom stereocenters. The number of nitrogens with zero attached hydrogens (tertiary/aromatic N) is 2. The molecular weight excluding hydrogens is 529 g/mol. The normalized spacial score (nSPS) is 19.2. The van der Waals surface area contributed by atoms with Crippen LogP contribution in [0.1, 0.15) is 42.9 Å². The van der Waals surface area contributed by atoms with Gasteiger partial charge in [-0.1, -0.05) is 6.07 Å². The average Bonchev–Trinajstić information content (AvgIpc) is 2.93. The molecule has 1 fully saturated rings. The lowest BCUT2D eigenvalue weighted by atomic mass is 9.81. The van der Waals surface area contributed by atoms with Gasteiger partial charge >= 0.3 is 12.1 Å². The molecule has 1 aromatic heterocycles. The molecule has 10 heteroatoms. The van der Waals surface area contributed by atoms with E-state index < -0.39 is 29.7 Å². The number of likely N-dealkylation sites (tertiary alicyclic amines) is 1. The van der Waals surface area contributed by atoms with Crippen LogP contribution in [-0.2, 0) is 11.0 Å². The molecular formula is C29H33F3N2O4S. The summed E-state index contributed by atoms with van der Waals surface area (Å²) in [5.74, 6) is -0.0884. The standard InChI is InChI=1S/C29H33F3N2O4S/c1-38-21-7-8-26-24(17-21)23(10-12-33-26)27(35)9-6-19-11-14-34(18-25(19)28(36)37)13-3-15-39-22-5-2-4-20(16-22)29(30,31)32/h2,4-5,7-8,10,12,16-17,19,25,27,35H,3,6,9,11,13-15,18H2,1H3,(H,36,37)/t19-,25+,27?/m1/s1. The van der Waals surface area contributed by atoms with Crippen LogP contribution in [-0.4, -0.2) is 58.6 Å². The van der Waals surface area contributed by atoms with Gasteiger partial charge in [-0.15, -0.1) is 11.8 Å². The minimum Gasteiger partial charge on any atom is -0.497 e. The van der Waals surface area contributed by atoms with Crippen LogP contribution in [0, 0.1) is 11.8 Å². The third kappa shape index (κ3) is 7.64. The highest BCUT2D eigenvalue weighted by atomic mass is 32.2. The zero-order valence-corrected chi connectivity index (χ0v) is 22.5. The van der Waals surface area contributed by atoms with Crippen molar-refractivity contribution in [1.82, 2.24) is 9.88 Å². The molecule has 0 bridgehead atoms. The lowest BCUT2D eigenvalue weighted by Crippen LogP contribution is -2.44. The highest BCUT2D eigenvalue weighted by Crippen LogP contribution is 2.35. The molecule has 0 amide bonds. The van der Waals surface area contributed by atoms with Gasteiger partial charge in [-0.05, 0) is 98.5 Å². The van der Waals surface area contributed by atoms with Gasteiger partial charge < -0.3 is 19.8 Å². The van der Waals surface area contributed by atoms with Gasteiger partial charge in [-0.2, -0.15) is 13.2 Å². The molecule has 1 saturated heterocycles. The second kappa shape index (κ2) is 13.0. The summed E-state index contributed by atoms with van der Waals surface area (Å²) in [7, 11) is 1.58. The second-order valence-corrected chi connectivity index (χ2v) is 11.1. The number of aliphatic hydroxyl groups is 1. The number of ether oxygens (including phenoxy) is 1. The summed E-state index contributed by atoms with van der Waals surface area (Å²) in [5, 5.41) is 21.7. The summed E-state index contributed by atoms with van der Waals surface area (Å²) in [6.45, 7) is 1.88. The first-order valence-corrected chi connectivity index (χ1v) is 14.0. The minimum atomic E-state index is -4.36. The molecule has 2 N–H and O–H groups in total. The predicted molar refractivity (Wildman–Crippen MR) is 145 cm³/mol. The topological polar surface area (TPSA) is 82.9 Å². The van der Waals surface area contributed by atoms with Crippen LogP contribution in [0.25, 0.3) is 10.9 Å². The lowest BCUT2D eigenvalue weighted by Gasteiger charge is -2.37. The van der Waals surface area contributed by atoms with Crippen LogP contribution >= 0.6 is 11.8 Å². The molecule has 6 nitrogen and oxygen atoms in total. The van der Waals surface area contributed by atoms with Gasteiger partial charge in [0.1, 0.15) is 5.75 Å². The molecule has 1 aliphatic rings. The fourth-order valence-electron chi connectivity index (χ4n) is 5.23. The first-order chi connectivity index (χ1) is 18.7. The summed E-state index contributed by atoms with van der Waals surface area (Å²) in [6, 6.07) is 12.6. The monoisotopic (exact) mass is 562 g/mol.